The molecule has 1 aliphatic heterocycles. The summed E-state index contributed by atoms with van der Waals surface area (Å²) in [6, 6.07) is -0.262. The highest BCUT2D eigenvalue weighted by molar-refractivity contribution is 6.06. The lowest BCUT2D eigenvalue weighted by Gasteiger charge is -2.48. The molecule has 2 aliphatic rings. The van der Waals surface area contributed by atoms with Crippen molar-refractivity contribution >= 4 is 11.9 Å². The fourth-order valence-electron chi connectivity index (χ4n) is 2.26. The lowest BCUT2D eigenvalue weighted by molar-refractivity contribution is -0.0335. The van der Waals surface area contributed by atoms with Gasteiger partial charge < -0.3 is 15.4 Å². The van der Waals surface area contributed by atoms with Crippen LogP contribution in [-0.4, -0.2) is 42.1 Å². The Morgan fingerprint density at radius 3 is 3.00 bits per heavy atom. The molecule has 82 valence electrons. The summed E-state index contributed by atoms with van der Waals surface area (Å²) in [5.74, 6) is 0.419. The lowest BCUT2D eigenvalue weighted by atomic mass is 9.72. The Morgan fingerprint density at radius 1 is 1.80 bits per heavy atom. The molecule has 0 bridgehead atoms. The van der Waals surface area contributed by atoms with Crippen LogP contribution in [0.5, 0.6) is 0 Å². The van der Waals surface area contributed by atoms with E-state index in [1.807, 2.05) is 0 Å². The van der Waals surface area contributed by atoms with E-state index < -0.39 is 5.54 Å². The van der Waals surface area contributed by atoms with Crippen LogP contribution in [0.15, 0.2) is 17.6 Å². The van der Waals surface area contributed by atoms with Crippen LogP contribution in [0.3, 0.4) is 0 Å². The van der Waals surface area contributed by atoms with Gasteiger partial charge in [0.25, 0.3) is 0 Å². The maximum atomic E-state index is 11.5. The Balaban J connectivity index is 2.18. The summed E-state index contributed by atoms with van der Waals surface area (Å²) in [5.41, 5.74) is 5.40. The van der Waals surface area contributed by atoms with Gasteiger partial charge in [-0.25, -0.2) is 4.79 Å². The second-order valence-corrected chi connectivity index (χ2v) is 3.98. The lowest BCUT2D eigenvalue weighted by Crippen LogP contribution is -2.64. The zero-order chi connectivity index (χ0) is 11.1. The number of carbonyl (C=O) groups is 1. The van der Waals surface area contributed by atoms with E-state index in [9.17, 15) is 4.79 Å². The number of aliphatic imine (C=N–C) groups is 1. The Bertz CT molecular complexity index is 332. The molecule has 1 aliphatic carbocycles. The van der Waals surface area contributed by atoms with Crippen LogP contribution in [0, 0.1) is 0 Å². The molecule has 1 spiro atoms. The van der Waals surface area contributed by atoms with Gasteiger partial charge in [-0.2, -0.15) is 4.99 Å². The van der Waals surface area contributed by atoms with E-state index in [0.717, 1.165) is 12.8 Å². The van der Waals surface area contributed by atoms with Crippen molar-refractivity contribution in [1.29, 1.82) is 0 Å². The minimum atomic E-state index is -0.397. The molecule has 2 N–H and O–H groups in total. The maximum Gasteiger partial charge on any atom is 0.346 e. The van der Waals surface area contributed by atoms with Gasteiger partial charge in [-0.15, -0.1) is 6.58 Å². The van der Waals surface area contributed by atoms with E-state index >= 15 is 0 Å². The number of hydrogen-bond donors (Lipinski definition) is 1. The standard InChI is InChI=1S/C10H15N3O2/c1-3-4-13-9(14)12-8(11)10(13)5-7(6-10)15-2/h3,7H,1,4-6H2,2H3,(H2,11,12,14). The highest BCUT2D eigenvalue weighted by Crippen LogP contribution is 2.42. The fourth-order valence-corrected chi connectivity index (χ4v) is 2.26. The first-order valence-corrected chi connectivity index (χ1v) is 4.94. The van der Waals surface area contributed by atoms with Gasteiger partial charge in [0.05, 0.1) is 6.10 Å². The van der Waals surface area contributed by atoms with Crippen molar-refractivity contribution in [2.75, 3.05) is 13.7 Å². The zero-order valence-electron chi connectivity index (χ0n) is 8.77. The molecule has 0 unspecified atom stereocenters. The van der Waals surface area contributed by atoms with Crippen LogP contribution >= 0.6 is 0 Å². The van der Waals surface area contributed by atoms with Gasteiger partial charge in [-0.05, 0) is 0 Å². The average molecular weight is 209 g/mol. The summed E-state index contributed by atoms with van der Waals surface area (Å²) in [6.45, 7) is 4.12. The number of carbonyl (C=O) groups excluding carboxylic acids is 1. The third kappa shape index (κ3) is 1.26. The first kappa shape index (κ1) is 10.2. The number of amides is 2. The zero-order valence-corrected chi connectivity index (χ0v) is 8.77. The number of methoxy groups -OCH3 is 1. The van der Waals surface area contributed by atoms with Crippen LogP contribution in [0.25, 0.3) is 0 Å². The summed E-state index contributed by atoms with van der Waals surface area (Å²) in [5, 5.41) is 0. The van der Waals surface area contributed by atoms with Crippen molar-refractivity contribution in [3.63, 3.8) is 0 Å². The number of ether oxygens (including phenoxy) is 1. The van der Waals surface area contributed by atoms with Gasteiger partial charge in [-0.1, -0.05) is 6.08 Å². The van der Waals surface area contributed by atoms with Crippen molar-refractivity contribution < 1.29 is 9.53 Å². The quantitative estimate of drug-likeness (QED) is 0.689. The predicted octanol–water partition coefficient (Wildman–Crippen LogP) is 0.513. The summed E-state index contributed by atoms with van der Waals surface area (Å²) < 4.78 is 5.21. The first-order valence-electron chi connectivity index (χ1n) is 4.94. The largest absolute Gasteiger partial charge is 0.385 e. The number of hydrogen-bond acceptors (Lipinski definition) is 3. The first-order chi connectivity index (χ1) is 7.14. The van der Waals surface area contributed by atoms with Gasteiger partial charge >= 0.3 is 6.03 Å². The van der Waals surface area contributed by atoms with Gasteiger partial charge in [0.15, 0.2) is 0 Å². The number of nitrogens with two attached hydrogens (primary N) is 1. The molecule has 0 aromatic heterocycles. The number of nitrogens with zero attached hydrogens (tertiary/aromatic N) is 2. The third-order valence-corrected chi connectivity index (χ3v) is 3.22. The molecule has 1 fully saturated rings. The minimum Gasteiger partial charge on any atom is -0.385 e. The van der Waals surface area contributed by atoms with E-state index in [2.05, 4.69) is 11.6 Å². The molecule has 1 heterocycles. The number of rotatable bonds is 3. The van der Waals surface area contributed by atoms with E-state index in [0.29, 0.717) is 12.4 Å². The maximum absolute atomic E-state index is 11.5. The van der Waals surface area contributed by atoms with Crippen molar-refractivity contribution in [2.24, 2.45) is 10.7 Å². The number of urea groups is 1. The molecule has 0 saturated heterocycles. The molecule has 5 nitrogen and oxygen atoms in total. The summed E-state index contributed by atoms with van der Waals surface area (Å²) in [6.07, 6.45) is 3.34. The number of amidine groups is 1. The van der Waals surface area contributed by atoms with Gasteiger partial charge in [-0.3, -0.25) is 0 Å². The minimum absolute atomic E-state index is 0.178. The molecule has 0 atom stereocenters. The average Bonchev–Trinajstić information content (AvgIpc) is 2.37. The summed E-state index contributed by atoms with van der Waals surface area (Å²) in [4.78, 5) is 17.0. The van der Waals surface area contributed by atoms with Gasteiger partial charge in [0.1, 0.15) is 11.4 Å². The van der Waals surface area contributed by atoms with E-state index in [1.54, 1.807) is 18.1 Å². The van der Waals surface area contributed by atoms with Crippen LogP contribution < -0.4 is 5.73 Å². The smallest absolute Gasteiger partial charge is 0.346 e. The fraction of sp³-hybridized carbons (Fsp3) is 0.600. The van der Waals surface area contributed by atoms with Crippen LogP contribution in [-0.2, 0) is 4.74 Å². The SMILES string of the molecule is C=CCN1C(=O)N=C(N)C12CC(OC)C2. The van der Waals surface area contributed by atoms with Crippen LogP contribution in [0.1, 0.15) is 12.8 Å². The molecule has 0 aromatic rings. The van der Waals surface area contributed by atoms with Gasteiger partial charge in [0.2, 0.25) is 0 Å². The molecule has 5 heteroatoms. The van der Waals surface area contributed by atoms with Crippen molar-refractivity contribution in [2.45, 2.75) is 24.5 Å². The Labute approximate surface area is 88.6 Å². The Kier molecular flexibility index (Phi) is 2.26. The van der Waals surface area contributed by atoms with Crippen LogP contribution in [0.4, 0.5) is 4.79 Å². The van der Waals surface area contributed by atoms with E-state index in [-0.39, 0.29) is 12.1 Å². The predicted molar refractivity (Wildman–Crippen MR) is 56.7 cm³/mol. The summed E-state index contributed by atoms with van der Waals surface area (Å²) in [7, 11) is 1.67. The second-order valence-electron chi connectivity index (χ2n) is 3.98. The molecule has 1 saturated carbocycles. The second kappa shape index (κ2) is 3.34. The normalized spacial score (nSPS) is 34.2. The molecule has 2 amide bonds. The van der Waals surface area contributed by atoms with Crippen molar-refractivity contribution in [1.82, 2.24) is 4.90 Å². The topological polar surface area (TPSA) is 67.9 Å². The third-order valence-electron chi connectivity index (χ3n) is 3.22. The van der Waals surface area contributed by atoms with Gasteiger partial charge in [0, 0.05) is 26.5 Å². The molecule has 15 heavy (non-hydrogen) atoms. The highest BCUT2D eigenvalue weighted by Gasteiger charge is 2.56. The molecular formula is C10H15N3O2. The molecule has 2 rings (SSSR count). The molecular weight excluding hydrogens is 194 g/mol. The highest BCUT2D eigenvalue weighted by atomic mass is 16.5. The summed E-state index contributed by atoms with van der Waals surface area (Å²) >= 11 is 0. The Morgan fingerprint density at radius 2 is 2.47 bits per heavy atom. The monoisotopic (exact) mass is 209 g/mol. The molecule has 0 radical (unpaired) electrons. The van der Waals surface area contributed by atoms with E-state index in [4.69, 9.17) is 10.5 Å². The molecule has 0 aromatic carbocycles. The van der Waals surface area contributed by atoms with Crippen molar-refractivity contribution in [3.8, 4) is 0 Å². The van der Waals surface area contributed by atoms with E-state index in [1.165, 1.54) is 0 Å². The Hall–Kier alpha value is -1.36. The van der Waals surface area contributed by atoms with Crippen molar-refractivity contribution in [3.05, 3.63) is 12.7 Å². The van der Waals surface area contributed by atoms with Crippen LogP contribution in [0.2, 0.25) is 0 Å².